The first-order valence-electron chi connectivity index (χ1n) is 6.30. The summed E-state index contributed by atoms with van der Waals surface area (Å²) in [6, 6.07) is 9.51. The maximum atomic E-state index is 11.7. The van der Waals surface area contributed by atoms with E-state index in [1.54, 1.807) is 6.08 Å². The number of hydrogen-bond donors (Lipinski definition) is 1. The van der Waals surface area contributed by atoms with Gasteiger partial charge in [0.05, 0.1) is 5.71 Å². The summed E-state index contributed by atoms with van der Waals surface area (Å²) in [6.07, 6.45) is 2.49. The lowest BCUT2D eigenvalue weighted by molar-refractivity contribution is -0.120. The number of nitrogens with zero attached hydrogens (tertiary/aromatic N) is 1. The van der Waals surface area contributed by atoms with Crippen LogP contribution in [0.2, 0.25) is 0 Å². The Morgan fingerprint density at radius 2 is 1.86 bits per heavy atom. The second kappa shape index (κ2) is 7.30. The van der Waals surface area contributed by atoms with E-state index in [1.165, 1.54) is 0 Å². The predicted molar refractivity (Wildman–Crippen MR) is 90.0 cm³/mol. The number of allylic oxidation sites excluding steroid dienone is 1. The van der Waals surface area contributed by atoms with E-state index in [0.29, 0.717) is 12.1 Å². The van der Waals surface area contributed by atoms with Crippen molar-refractivity contribution in [2.75, 3.05) is 0 Å². The third-order valence-corrected chi connectivity index (χ3v) is 3.38. The summed E-state index contributed by atoms with van der Waals surface area (Å²) >= 11 is 16.6. The van der Waals surface area contributed by atoms with Gasteiger partial charge in [0, 0.05) is 5.41 Å². The fourth-order valence-corrected chi connectivity index (χ4v) is 1.96. The quantitative estimate of drug-likeness (QED) is 0.363. The summed E-state index contributed by atoms with van der Waals surface area (Å²) in [5.41, 5.74) is 3.54. The molecule has 1 rings (SSSR count). The second-order valence-corrected chi connectivity index (χ2v) is 7.42. The maximum absolute atomic E-state index is 11.7. The van der Waals surface area contributed by atoms with Gasteiger partial charge in [0.15, 0.2) is 0 Å². The Bertz CT molecular complexity index is 534. The minimum Gasteiger partial charge on any atom is -0.268 e. The van der Waals surface area contributed by atoms with Crippen LogP contribution in [0.15, 0.2) is 48.1 Å². The van der Waals surface area contributed by atoms with Crippen LogP contribution >= 0.6 is 34.8 Å². The van der Waals surface area contributed by atoms with Gasteiger partial charge in [0.2, 0.25) is 0 Å². The van der Waals surface area contributed by atoms with Crippen LogP contribution in [0.1, 0.15) is 25.8 Å². The lowest BCUT2D eigenvalue weighted by Gasteiger charge is -2.25. The zero-order valence-electron chi connectivity index (χ0n) is 11.9. The monoisotopic (exact) mass is 346 g/mol. The molecule has 1 aromatic rings. The molecule has 0 aliphatic carbocycles. The number of alkyl halides is 3. The average molecular weight is 348 g/mol. The zero-order chi connectivity index (χ0) is 16.1. The van der Waals surface area contributed by atoms with Crippen LogP contribution in [0.4, 0.5) is 0 Å². The molecule has 0 spiro atoms. The van der Waals surface area contributed by atoms with Crippen LogP contribution in [0, 0.1) is 5.41 Å². The van der Waals surface area contributed by atoms with Gasteiger partial charge in [-0.3, -0.25) is 4.79 Å². The Morgan fingerprint density at radius 1 is 1.29 bits per heavy atom. The highest BCUT2D eigenvalue weighted by Gasteiger charge is 2.31. The van der Waals surface area contributed by atoms with Crippen molar-refractivity contribution >= 4 is 46.4 Å². The molecule has 0 saturated carbocycles. The Kier molecular flexibility index (Phi) is 6.26. The van der Waals surface area contributed by atoms with Crippen molar-refractivity contribution in [2.45, 2.75) is 24.1 Å². The van der Waals surface area contributed by atoms with Gasteiger partial charge in [0.25, 0.3) is 9.70 Å². The first-order valence-corrected chi connectivity index (χ1v) is 7.43. The summed E-state index contributed by atoms with van der Waals surface area (Å²) in [7, 11) is 0. The molecule has 1 amide bonds. The maximum Gasteiger partial charge on any atom is 0.292 e. The van der Waals surface area contributed by atoms with Crippen molar-refractivity contribution in [3.8, 4) is 0 Å². The molecule has 3 nitrogen and oxygen atoms in total. The SMILES string of the molecule is C=CCC(C)(C)C(=NNC(=O)C(Cl)(Cl)Cl)c1ccccc1. The number of rotatable bonds is 5. The van der Waals surface area contributed by atoms with Crippen molar-refractivity contribution in [1.29, 1.82) is 0 Å². The van der Waals surface area contributed by atoms with Crippen LogP contribution in [0.3, 0.4) is 0 Å². The number of amides is 1. The van der Waals surface area contributed by atoms with Gasteiger partial charge in [-0.25, -0.2) is 5.43 Å². The molecule has 21 heavy (non-hydrogen) atoms. The molecule has 0 aromatic heterocycles. The molecule has 0 unspecified atom stereocenters. The lowest BCUT2D eigenvalue weighted by Crippen LogP contribution is -2.34. The number of benzene rings is 1. The van der Waals surface area contributed by atoms with Gasteiger partial charge in [-0.1, -0.05) is 85.1 Å². The lowest BCUT2D eigenvalue weighted by atomic mass is 9.80. The highest BCUT2D eigenvalue weighted by Crippen LogP contribution is 2.28. The van der Waals surface area contributed by atoms with E-state index in [-0.39, 0.29) is 5.41 Å². The highest BCUT2D eigenvalue weighted by molar-refractivity contribution is 6.76. The average Bonchev–Trinajstić information content (AvgIpc) is 2.38. The fraction of sp³-hybridized carbons (Fsp3) is 0.333. The predicted octanol–water partition coefficient (Wildman–Crippen LogP) is 4.48. The van der Waals surface area contributed by atoms with Crippen LogP contribution in [-0.4, -0.2) is 15.4 Å². The van der Waals surface area contributed by atoms with E-state index < -0.39 is 9.70 Å². The molecule has 0 heterocycles. The molecule has 1 aromatic carbocycles. The largest absolute Gasteiger partial charge is 0.292 e. The molecule has 0 saturated heterocycles. The van der Waals surface area contributed by atoms with Crippen LogP contribution < -0.4 is 5.43 Å². The minimum absolute atomic E-state index is 0.329. The van der Waals surface area contributed by atoms with E-state index >= 15 is 0 Å². The van der Waals surface area contributed by atoms with Crippen molar-refractivity contribution in [1.82, 2.24) is 5.43 Å². The molecule has 0 aliphatic heterocycles. The number of carbonyl (C=O) groups excluding carboxylic acids is 1. The summed E-state index contributed by atoms with van der Waals surface area (Å²) in [5.74, 6) is -0.796. The van der Waals surface area contributed by atoms with Crippen molar-refractivity contribution in [3.63, 3.8) is 0 Å². The fourth-order valence-electron chi connectivity index (χ4n) is 1.83. The summed E-state index contributed by atoms with van der Waals surface area (Å²) in [5, 5.41) is 4.17. The Morgan fingerprint density at radius 3 is 2.33 bits per heavy atom. The topological polar surface area (TPSA) is 41.5 Å². The third kappa shape index (κ3) is 5.34. The standard InChI is InChI=1S/C15H17Cl3N2O/c1-4-10-14(2,3)12(11-8-6-5-7-9-11)19-20-13(21)15(16,17)18/h4-9H,1,10H2,2-3H3,(H,20,21). The molecule has 0 atom stereocenters. The van der Waals surface area contributed by atoms with E-state index in [2.05, 4.69) is 17.1 Å². The summed E-state index contributed by atoms with van der Waals surface area (Å²) < 4.78 is -2.05. The minimum atomic E-state index is -2.05. The van der Waals surface area contributed by atoms with Crippen LogP contribution in [0.25, 0.3) is 0 Å². The van der Waals surface area contributed by atoms with Crippen molar-refractivity contribution in [3.05, 3.63) is 48.6 Å². The summed E-state index contributed by atoms with van der Waals surface area (Å²) in [6.45, 7) is 7.75. The number of hydrogen-bond acceptors (Lipinski definition) is 2. The van der Waals surface area contributed by atoms with E-state index in [4.69, 9.17) is 34.8 Å². The molecule has 6 heteroatoms. The molecule has 0 fully saturated rings. The van der Waals surface area contributed by atoms with Crippen LogP contribution in [0.5, 0.6) is 0 Å². The number of carbonyl (C=O) groups is 1. The number of halogens is 3. The first-order chi connectivity index (χ1) is 9.68. The molecular weight excluding hydrogens is 331 g/mol. The number of hydrazone groups is 1. The smallest absolute Gasteiger partial charge is 0.268 e. The number of nitrogens with one attached hydrogen (secondary N) is 1. The Labute approximate surface area is 140 Å². The normalized spacial score (nSPS) is 12.9. The van der Waals surface area contributed by atoms with Gasteiger partial charge in [-0.05, 0) is 12.0 Å². The van der Waals surface area contributed by atoms with E-state index in [1.807, 2.05) is 44.2 Å². The Balaban J connectivity index is 3.15. The molecule has 0 aliphatic rings. The second-order valence-electron chi connectivity index (χ2n) is 5.14. The van der Waals surface area contributed by atoms with E-state index in [0.717, 1.165) is 5.56 Å². The first kappa shape index (κ1) is 18.0. The van der Waals surface area contributed by atoms with Crippen LogP contribution in [-0.2, 0) is 4.79 Å². The van der Waals surface area contributed by atoms with Gasteiger partial charge < -0.3 is 0 Å². The van der Waals surface area contributed by atoms with Crippen molar-refractivity contribution in [2.24, 2.45) is 10.5 Å². The van der Waals surface area contributed by atoms with E-state index in [9.17, 15) is 4.79 Å². The van der Waals surface area contributed by atoms with Gasteiger partial charge in [-0.15, -0.1) is 6.58 Å². The zero-order valence-corrected chi connectivity index (χ0v) is 14.1. The summed E-state index contributed by atoms with van der Waals surface area (Å²) in [4.78, 5) is 11.7. The van der Waals surface area contributed by atoms with Gasteiger partial charge >= 0.3 is 0 Å². The highest BCUT2D eigenvalue weighted by atomic mass is 35.6. The Hall–Kier alpha value is -1.03. The molecular formula is C15H17Cl3N2O. The van der Waals surface area contributed by atoms with Crippen molar-refractivity contribution < 1.29 is 4.79 Å². The molecule has 114 valence electrons. The molecule has 1 N–H and O–H groups in total. The molecule has 0 bridgehead atoms. The third-order valence-electron chi connectivity index (χ3n) is 2.87. The molecule has 0 radical (unpaired) electrons. The van der Waals surface area contributed by atoms with Gasteiger partial charge in [-0.2, -0.15) is 5.10 Å². The van der Waals surface area contributed by atoms with Gasteiger partial charge in [0.1, 0.15) is 0 Å².